The normalized spacial score (nSPS) is 17.9. The number of hydrogen-bond acceptors (Lipinski definition) is 6. The minimum Gasteiger partial charge on any atom is -0.367 e. The molecular formula is C23H25F3N6O2S. The van der Waals surface area contributed by atoms with Gasteiger partial charge in [-0.2, -0.15) is 22.6 Å². The summed E-state index contributed by atoms with van der Waals surface area (Å²) < 4.78 is 65.9. The highest BCUT2D eigenvalue weighted by Gasteiger charge is 2.32. The van der Waals surface area contributed by atoms with Crippen LogP contribution in [0.5, 0.6) is 0 Å². The Balaban J connectivity index is 1.18. The summed E-state index contributed by atoms with van der Waals surface area (Å²) in [5.74, 6) is 0.343. The number of hydrogen-bond donors (Lipinski definition) is 2. The summed E-state index contributed by atoms with van der Waals surface area (Å²) >= 11 is 0. The Hall–Kier alpha value is -3.12. The molecule has 35 heavy (non-hydrogen) atoms. The fourth-order valence-electron chi connectivity index (χ4n) is 4.52. The van der Waals surface area contributed by atoms with Crippen LogP contribution in [0.3, 0.4) is 0 Å². The van der Waals surface area contributed by atoms with Crippen LogP contribution in [0.1, 0.15) is 29.7 Å². The van der Waals surface area contributed by atoms with Crippen molar-refractivity contribution in [1.29, 1.82) is 0 Å². The van der Waals surface area contributed by atoms with Gasteiger partial charge in [-0.25, -0.2) is 13.4 Å². The maximum absolute atomic E-state index is 13.2. The lowest BCUT2D eigenvalue weighted by Gasteiger charge is -2.32. The molecule has 0 bridgehead atoms. The molecule has 0 saturated carbocycles. The number of halogens is 3. The molecule has 1 saturated heterocycles. The molecule has 5 rings (SSSR count). The van der Waals surface area contributed by atoms with Crippen LogP contribution in [0.2, 0.25) is 0 Å². The van der Waals surface area contributed by atoms with E-state index >= 15 is 0 Å². The Morgan fingerprint density at radius 3 is 2.40 bits per heavy atom. The standard InChI is InChI=1S/C23H25F3N6O2S/c24-23(25,26)17-1-6-22(27-14-17)29-18-7-11-32(12-8-18)35(33,34)20-4-2-19(3-5-20)31-10-9-21-16(15-31)13-28-30-21/h1-6,13-14,18H,7-12,15H2,(H,27,29)(H,28,30). The smallest absolute Gasteiger partial charge is 0.367 e. The van der Waals surface area contributed by atoms with Crippen LogP contribution in [0, 0.1) is 0 Å². The predicted octanol–water partition coefficient (Wildman–Crippen LogP) is 3.65. The quantitative estimate of drug-likeness (QED) is 0.549. The largest absolute Gasteiger partial charge is 0.417 e. The first-order valence-electron chi connectivity index (χ1n) is 11.4. The lowest BCUT2D eigenvalue weighted by molar-refractivity contribution is -0.137. The highest BCUT2D eigenvalue weighted by Crippen LogP contribution is 2.30. The van der Waals surface area contributed by atoms with Crippen LogP contribution >= 0.6 is 0 Å². The van der Waals surface area contributed by atoms with Crippen LogP contribution in [0.25, 0.3) is 0 Å². The third-order valence-corrected chi connectivity index (χ3v) is 8.45. The molecule has 8 nitrogen and oxygen atoms in total. The van der Waals surface area contributed by atoms with Gasteiger partial charge in [0.05, 0.1) is 16.7 Å². The molecule has 2 aliphatic rings. The number of piperidine rings is 1. The number of anilines is 2. The molecule has 0 spiro atoms. The second-order valence-electron chi connectivity index (χ2n) is 8.79. The third-order valence-electron chi connectivity index (χ3n) is 6.54. The van der Waals surface area contributed by atoms with Crippen LogP contribution < -0.4 is 10.2 Å². The Morgan fingerprint density at radius 1 is 1.00 bits per heavy atom. The molecule has 0 unspecified atom stereocenters. The summed E-state index contributed by atoms with van der Waals surface area (Å²) in [5.41, 5.74) is 2.45. The van der Waals surface area contributed by atoms with Crippen molar-refractivity contribution >= 4 is 21.5 Å². The molecule has 0 radical (unpaired) electrons. The van der Waals surface area contributed by atoms with E-state index in [2.05, 4.69) is 25.4 Å². The van der Waals surface area contributed by atoms with Crippen molar-refractivity contribution in [3.05, 3.63) is 65.6 Å². The van der Waals surface area contributed by atoms with Crippen molar-refractivity contribution in [2.24, 2.45) is 0 Å². The summed E-state index contributed by atoms with van der Waals surface area (Å²) in [4.78, 5) is 6.28. The maximum Gasteiger partial charge on any atom is 0.417 e. The SMILES string of the molecule is O=S(=O)(c1ccc(N2CCc3[nH]ncc3C2)cc1)N1CCC(Nc2ccc(C(F)(F)F)cn2)CC1. The lowest BCUT2D eigenvalue weighted by atomic mass is 10.1. The van der Waals surface area contributed by atoms with Gasteiger partial charge in [0.25, 0.3) is 0 Å². The van der Waals surface area contributed by atoms with Gasteiger partial charge in [0.15, 0.2) is 0 Å². The van der Waals surface area contributed by atoms with E-state index in [0.717, 1.165) is 48.7 Å². The zero-order valence-electron chi connectivity index (χ0n) is 18.8. The number of nitrogens with zero attached hydrogens (tertiary/aromatic N) is 4. The fourth-order valence-corrected chi connectivity index (χ4v) is 5.99. The molecule has 12 heteroatoms. The number of aromatic amines is 1. The van der Waals surface area contributed by atoms with Crippen LogP contribution in [0.4, 0.5) is 24.7 Å². The van der Waals surface area contributed by atoms with E-state index in [0.29, 0.717) is 31.7 Å². The van der Waals surface area contributed by atoms with E-state index < -0.39 is 21.8 Å². The number of pyridine rings is 1. The average molecular weight is 507 g/mol. The summed E-state index contributed by atoms with van der Waals surface area (Å²) in [6.45, 7) is 2.19. The van der Waals surface area contributed by atoms with Crippen molar-refractivity contribution in [1.82, 2.24) is 19.5 Å². The van der Waals surface area contributed by atoms with Gasteiger partial charge < -0.3 is 10.2 Å². The summed E-state index contributed by atoms with van der Waals surface area (Å²) in [5, 5.41) is 10.2. The molecule has 1 aromatic carbocycles. The molecule has 4 heterocycles. The molecule has 2 N–H and O–H groups in total. The number of nitrogens with one attached hydrogen (secondary N) is 2. The zero-order chi connectivity index (χ0) is 24.6. The number of H-pyrrole nitrogens is 1. The van der Waals surface area contributed by atoms with Crippen molar-refractivity contribution in [2.45, 2.75) is 42.9 Å². The van der Waals surface area contributed by atoms with E-state index in [9.17, 15) is 21.6 Å². The molecule has 2 aliphatic heterocycles. The fraction of sp³-hybridized carbons (Fsp3) is 0.391. The Kier molecular flexibility index (Phi) is 6.18. The van der Waals surface area contributed by atoms with Gasteiger partial charge in [-0.1, -0.05) is 0 Å². The second-order valence-corrected chi connectivity index (χ2v) is 10.7. The van der Waals surface area contributed by atoms with Crippen molar-refractivity contribution in [3.8, 4) is 0 Å². The van der Waals surface area contributed by atoms with E-state index in [4.69, 9.17) is 0 Å². The Labute approximate surface area is 201 Å². The van der Waals surface area contributed by atoms with Gasteiger partial charge in [0, 0.05) is 61.8 Å². The average Bonchev–Trinajstić information content (AvgIpc) is 3.32. The van der Waals surface area contributed by atoms with Gasteiger partial charge in [0.2, 0.25) is 10.0 Å². The number of aromatic nitrogens is 3. The zero-order valence-corrected chi connectivity index (χ0v) is 19.6. The summed E-state index contributed by atoms with van der Waals surface area (Å²) in [7, 11) is -3.64. The summed E-state index contributed by atoms with van der Waals surface area (Å²) in [6.07, 6.45) is 0.110. The molecule has 0 amide bonds. The minimum absolute atomic E-state index is 0.0695. The number of sulfonamides is 1. The molecule has 186 valence electrons. The highest BCUT2D eigenvalue weighted by atomic mass is 32.2. The Morgan fingerprint density at radius 2 is 1.74 bits per heavy atom. The second kappa shape index (κ2) is 9.15. The number of benzene rings is 1. The van der Waals surface area contributed by atoms with Gasteiger partial charge in [-0.3, -0.25) is 5.10 Å². The van der Waals surface area contributed by atoms with Gasteiger partial charge >= 0.3 is 6.18 Å². The van der Waals surface area contributed by atoms with E-state index in [1.54, 1.807) is 12.1 Å². The van der Waals surface area contributed by atoms with E-state index in [1.165, 1.54) is 10.4 Å². The monoisotopic (exact) mass is 506 g/mol. The van der Waals surface area contributed by atoms with Gasteiger partial charge in [0.1, 0.15) is 5.82 Å². The first kappa shape index (κ1) is 23.6. The molecule has 0 aliphatic carbocycles. The molecular weight excluding hydrogens is 481 g/mol. The van der Waals surface area contributed by atoms with Crippen molar-refractivity contribution < 1.29 is 21.6 Å². The number of rotatable bonds is 5. The third kappa shape index (κ3) is 4.98. The first-order valence-corrected chi connectivity index (χ1v) is 12.8. The first-order chi connectivity index (χ1) is 16.7. The molecule has 1 fully saturated rings. The summed E-state index contributed by atoms with van der Waals surface area (Å²) in [6, 6.07) is 9.17. The lowest BCUT2D eigenvalue weighted by Crippen LogP contribution is -2.42. The van der Waals surface area contributed by atoms with Crippen LogP contribution in [-0.4, -0.2) is 53.6 Å². The highest BCUT2D eigenvalue weighted by molar-refractivity contribution is 7.89. The van der Waals surface area contributed by atoms with Gasteiger partial charge in [-0.05, 0) is 49.2 Å². The van der Waals surface area contributed by atoms with Crippen molar-refractivity contribution in [3.63, 3.8) is 0 Å². The molecule has 3 aromatic rings. The van der Waals surface area contributed by atoms with Crippen LogP contribution in [0.15, 0.2) is 53.7 Å². The molecule has 0 atom stereocenters. The van der Waals surface area contributed by atoms with Gasteiger partial charge in [-0.15, -0.1) is 0 Å². The Bertz CT molecular complexity index is 1270. The van der Waals surface area contributed by atoms with Crippen LogP contribution in [-0.2, 0) is 29.2 Å². The van der Waals surface area contributed by atoms with Crippen molar-refractivity contribution in [2.75, 3.05) is 29.9 Å². The van der Waals surface area contributed by atoms with E-state index in [1.807, 2.05) is 18.3 Å². The topological polar surface area (TPSA) is 94.2 Å². The molecule has 2 aromatic heterocycles. The predicted molar refractivity (Wildman–Crippen MR) is 124 cm³/mol. The number of fused-ring (bicyclic) bond motifs is 1. The minimum atomic E-state index is -4.43. The number of alkyl halides is 3. The maximum atomic E-state index is 13.2. The van der Waals surface area contributed by atoms with E-state index in [-0.39, 0.29) is 10.9 Å².